The summed E-state index contributed by atoms with van der Waals surface area (Å²) in [5.74, 6) is 1.29. The van der Waals surface area contributed by atoms with Crippen molar-refractivity contribution >= 4 is 11.6 Å². The lowest BCUT2D eigenvalue weighted by atomic mass is 10.2. The largest absolute Gasteiger partial charge is 0.488 e. The Labute approximate surface area is 132 Å². The van der Waals surface area contributed by atoms with Crippen LogP contribution in [0.3, 0.4) is 0 Å². The molecule has 1 aromatic rings. The summed E-state index contributed by atoms with van der Waals surface area (Å²) in [5, 5.41) is 6.12. The van der Waals surface area contributed by atoms with E-state index in [9.17, 15) is 4.79 Å². The van der Waals surface area contributed by atoms with Crippen molar-refractivity contribution in [1.29, 1.82) is 0 Å². The lowest BCUT2D eigenvalue weighted by Gasteiger charge is -2.17. The van der Waals surface area contributed by atoms with Crippen molar-refractivity contribution in [3.63, 3.8) is 0 Å². The standard InChI is InChI=1S/C17H26N2O3/c1-12(2)10-18-17(20)13(3)19-14-4-6-15(7-5-14)22-16-8-9-21-11-16/h4-7,12-13,16,19H,8-11H2,1-3H3,(H,18,20)/t13-,16+/m0/s1. The van der Waals surface area contributed by atoms with Crippen LogP contribution < -0.4 is 15.4 Å². The van der Waals surface area contributed by atoms with Crippen LogP contribution >= 0.6 is 0 Å². The molecule has 122 valence electrons. The second-order valence-electron chi connectivity index (χ2n) is 6.13. The SMILES string of the molecule is CC(C)CNC(=O)[C@H](C)Nc1ccc(O[C@@H]2CCOC2)cc1. The molecule has 5 heteroatoms. The van der Waals surface area contributed by atoms with Crippen LogP contribution in [0.15, 0.2) is 24.3 Å². The fourth-order valence-electron chi connectivity index (χ4n) is 2.20. The molecule has 1 aliphatic heterocycles. The van der Waals surface area contributed by atoms with E-state index >= 15 is 0 Å². The first kappa shape index (κ1) is 16.6. The zero-order valence-electron chi connectivity index (χ0n) is 13.6. The molecule has 0 bridgehead atoms. The number of hydrogen-bond donors (Lipinski definition) is 2. The van der Waals surface area contributed by atoms with E-state index in [1.807, 2.05) is 31.2 Å². The number of rotatable bonds is 7. The topological polar surface area (TPSA) is 59.6 Å². The molecule has 1 aliphatic rings. The molecule has 1 heterocycles. The Hall–Kier alpha value is -1.75. The second-order valence-corrected chi connectivity index (χ2v) is 6.13. The van der Waals surface area contributed by atoms with Crippen LogP contribution in [0.2, 0.25) is 0 Å². The molecule has 0 aliphatic carbocycles. The molecular weight excluding hydrogens is 280 g/mol. The number of anilines is 1. The monoisotopic (exact) mass is 306 g/mol. The third kappa shape index (κ3) is 5.22. The van der Waals surface area contributed by atoms with Gasteiger partial charge in [0.05, 0.1) is 13.2 Å². The van der Waals surface area contributed by atoms with Gasteiger partial charge in [0.15, 0.2) is 0 Å². The van der Waals surface area contributed by atoms with Crippen molar-refractivity contribution in [3.05, 3.63) is 24.3 Å². The smallest absolute Gasteiger partial charge is 0.242 e. The predicted octanol–water partition coefficient (Wildman–Crippen LogP) is 2.43. The van der Waals surface area contributed by atoms with Gasteiger partial charge in [0, 0.05) is 18.7 Å². The minimum Gasteiger partial charge on any atom is -0.488 e. The van der Waals surface area contributed by atoms with E-state index in [2.05, 4.69) is 24.5 Å². The summed E-state index contributed by atoms with van der Waals surface area (Å²) >= 11 is 0. The van der Waals surface area contributed by atoms with Crippen LogP contribution in [0.1, 0.15) is 27.2 Å². The van der Waals surface area contributed by atoms with Crippen molar-refractivity contribution in [1.82, 2.24) is 5.32 Å². The van der Waals surface area contributed by atoms with Crippen molar-refractivity contribution in [3.8, 4) is 5.75 Å². The van der Waals surface area contributed by atoms with Gasteiger partial charge < -0.3 is 20.1 Å². The van der Waals surface area contributed by atoms with Gasteiger partial charge >= 0.3 is 0 Å². The quantitative estimate of drug-likeness (QED) is 0.812. The van der Waals surface area contributed by atoms with Crippen LogP contribution in [-0.2, 0) is 9.53 Å². The highest BCUT2D eigenvalue weighted by atomic mass is 16.5. The lowest BCUT2D eigenvalue weighted by molar-refractivity contribution is -0.121. The highest BCUT2D eigenvalue weighted by Crippen LogP contribution is 2.20. The Kier molecular flexibility index (Phi) is 6.07. The number of carbonyl (C=O) groups excluding carboxylic acids is 1. The molecule has 1 amide bonds. The van der Waals surface area contributed by atoms with Crippen LogP contribution in [0.4, 0.5) is 5.69 Å². The first-order valence-corrected chi connectivity index (χ1v) is 7.93. The highest BCUT2D eigenvalue weighted by Gasteiger charge is 2.17. The molecule has 0 radical (unpaired) electrons. The van der Waals surface area contributed by atoms with Gasteiger partial charge in [-0.25, -0.2) is 0 Å². The van der Waals surface area contributed by atoms with Crippen molar-refractivity contribution in [2.24, 2.45) is 5.92 Å². The Bertz CT molecular complexity index is 467. The lowest BCUT2D eigenvalue weighted by Crippen LogP contribution is -2.39. The van der Waals surface area contributed by atoms with Crippen LogP contribution in [0, 0.1) is 5.92 Å². The summed E-state index contributed by atoms with van der Waals surface area (Å²) in [6.45, 7) is 8.14. The molecule has 0 spiro atoms. The minimum atomic E-state index is -0.270. The molecule has 2 atom stereocenters. The normalized spacial score (nSPS) is 19.0. The summed E-state index contributed by atoms with van der Waals surface area (Å²) in [7, 11) is 0. The van der Waals surface area contributed by atoms with E-state index in [0.717, 1.165) is 24.5 Å². The third-order valence-electron chi connectivity index (χ3n) is 3.51. The summed E-state index contributed by atoms with van der Waals surface area (Å²) in [4.78, 5) is 11.9. The maximum atomic E-state index is 11.9. The summed E-state index contributed by atoms with van der Waals surface area (Å²) in [6.07, 6.45) is 1.09. The van der Waals surface area contributed by atoms with Crippen molar-refractivity contribution < 1.29 is 14.3 Å². The van der Waals surface area contributed by atoms with Crippen LogP contribution in [0.5, 0.6) is 5.75 Å². The average Bonchev–Trinajstić information content (AvgIpc) is 2.99. The van der Waals surface area contributed by atoms with Gasteiger partial charge in [-0.15, -0.1) is 0 Å². The molecule has 1 fully saturated rings. The summed E-state index contributed by atoms with van der Waals surface area (Å²) < 4.78 is 11.1. The molecule has 1 saturated heterocycles. The zero-order chi connectivity index (χ0) is 15.9. The van der Waals surface area contributed by atoms with E-state index < -0.39 is 0 Å². The zero-order valence-corrected chi connectivity index (χ0v) is 13.6. The Morgan fingerprint density at radius 3 is 2.64 bits per heavy atom. The number of amides is 1. The molecule has 2 N–H and O–H groups in total. The van der Waals surface area contributed by atoms with Crippen molar-refractivity contribution in [2.75, 3.05) is 25.1 Å². The third-order valence-corrected chi connectivity index (χ3v) is 3.51. The first-order valence-electron chi connectivity index (χ1n) is 7.93. The Morgan fingerprint density at radius 1 is 1.32 bits per heavy atom. The predicted molar refractivity (Wildman–Crippen MR) is 87.2 cm³/mol. The van der Waals surface area contributed by atoms with Gasteiger partial charge in [0.1, 0.15) is 17.9 Å². The Morgan fingerprint density at radius 2 is 2.05 bits per heavy atom. The molecule has 0 aromatic heterocycles. The van der Waals surface area contributed by atoms with Gasteiger partial charge in [-0.1, -0.05) is 13.8 Å². The van der Waals surface area contributed by atoms with Crippen LogP contribution in [0.25, 0.3) is 0 Å². The van der Waals surface area contributed by atoms with Gasteiger partial charge in [-0.2, -0.15) is 0 Å². The number of nitrogens with one attached hydrogen (secondary N) is 2. The molecule has 1 aromatic carbocycles. The Balaban J connectivity index is 1.80. The second kappa shape index (κ2) is 8.03. The first-order chi connectivity index (χ1) is 10.5. The maximum absolute atomic E-state index is 11.9. The van der Waals surface area contributed by atoms with E-state index in [-0.39, 0.29) is 18.1 Å². The van der Waals surface area contributed by atoms with Gasteiger partial charge in [0.2, 0.25) is 5.91 Å². The number of hydrogen-bond acceptors (Lipinski definition) is 4. The molecule has 0 saturated carbocycles. The fraction of sp³-hybridized carbons (Fsp3) is 0.588. The van der Waals surface area contributed by atoms with Crippen LogP contribution in [-0.4, -0.2) is 37.8 Å². The number of ether oxygens (including phenoxy) is 2. The van der Waals surface area contributed by atoms with E-state index in [0.29, 0.717) is 19.1 Å². The van der Waals surface area contributed by atoms with E-state index in [4.69, 9.17) is 9.47 Å². The molecule has 2 rings (SSSR count). The summed E-state index contributed by atoms with van der Waals surface area (Å²) in [6, 6.07) is 7.42. The van der Waals surface area contributed by atoms with Crippen molar-refractivity contribution in [2.45, 2.75) is 39.3 Å². The maximum Gasteiger partial charge on any atom is 0.242 e. The number of benzene rings is 1. The van der Waals surface area contributed by atoms with Gasteiger partial charge in [0.25, 0.3) is 0 Å². The molecular formula is C17H26N2O3. The highest BCUT2D eigenvalue weighted by molar-refractivity contribution is 5.84. The van der Waals surface area contributed by atoms with E-state index in [1.54, 1.807) is 0 Å². The average molecular weight is 306 g/mol. The molecule has 5 nitrogen and oxygen atoms in total. The molecule has 0 unspecified atom stereocenters. The summed E-state index contributed by atoms with van der Waals surface area (Å²) in [5.41, 5.74) is 0.905. The molecule has 22 heavy (non-hydrogen) atoms. The number of carbonyl (C=O) groups is 1. The van der Waals surface area contributed by atoms with E-state index in [1.165, 1.54) is 0 Å². The van der Waals surface area contributed by atoms with Gasteiger partial charge in [-0.3, -0.25) is 4.79 Å². The van der Waals surface area contributed by atoms with Gasteiger partial charge in [-0.05, 0) is 37.1 Å². The minimum absolute atomic E-state index is 0.0112. The fourth-order valence-corrected chi connectivity index (χ4v) is 2.20.